The average Bonchev–Trinajstić information content (AvgIpc) is 2.76. The van der Waals surface area contributed by atoms with Crippen LogP contribution in [0, 0.1) is 0 Å². The molecule has 0 aliphatic carbocycles. The number of hydrogen-bond acceptors (Lipinski definition) is 3. The number of halogens is 1. The summed E-state index contributed by atoms with van der Waals surface area (Å²) in [6, 6.07) is 9.47. The largest absolute Gasteiger partial charge is 0.444 e. The van der Waals surface area contributed by atoms with Crippen LogP contribution in [-0.4, -0.2) is 9.55 Å². The quantitative estimate of drug-likeness (QED) is 0.718. The molecule has 0 N–H and O–H groups in total. The second-order valence-corrected chi connectivity index (χ2v) is 6.67. The van der Waals surface area contributed by atoms with Gasteiger partial charge in [-0.3, -0.25) is 4.57 Å². The highest BCUT2D eigenvalue weighted by atomic mass is 35.5. The standard InChI is InChI=1S/C17H17ClN2O2/c1-17(2,3)14-8-9-20(16(21)19-14)10-12-11-6-4-5-7-13(11)22-15(12)18/h4-9H,10H2,1-3H3. The maximum absolute atomic E-state index is 12.2. The first kappa shape index (κ1) is 14.9. The Balaban J connectivity index is 2.03. The molecule has 0 atom stereocenters. The molecule has 0 spiro atoms. The number of aromatic nitrogens is 2. The zero-order valence-corrected chi connectivity index (χ0v) is 13.5. The van der Waals surface area contributed by atoms with Crippen molar-refractivity contribution in [2.24, 2.45) is 0 Å². The molecule has 0 aliphatic rings. The molecule has 1 aromatic carbocycles. The Bertz CT molecular complexity index is 888. The van der Waals surface area contributed by atoms with Crippen molar-refractivity contribution in [3.63, 3.8) is 0 Å². The molecule has 5 heteroatoms. The normalized spacial score (nSPS) is 12.0. The van der Waals surface area contributed by atoms with E-state index in [1.165, 1.54) is 0 Å². The SMILES string of the molecule is CC(C)(C)c1ccn(Cc2c(Cl)oc3ccccc23)c(=O)n1. The smallest absolute Gasteiger partial charge is 0.348 e. The molecule has 4 nitrogen and oxygen atoms in total. The number of furan rings is 1. The van der Waals surface area contributed by atoms with Crippen LogP contribution in [0.15, 0.2) is 45.7 Å². The first-order valence-corrected chi connectivity index (χ1v) is 7.48. The van der Waals surface area contributed by atoms with Crippen molar-refractivity contribution in [2.45, 2.75) is 32.7 Å². The Morgan fingerprint density at radius 3 is 2.64 bits per heavy atom. The van der Waals surface area contributed by atoms with Crippen molar-refractivity contribution < 1.29 is 4.42 Å². The fourth-order valence-electron chi connectivity index (χ4n) is 2.35. The van der Waals surface area contributed by atoms with Gasteiger partial charge in [0.25, 0.3) is 0 Å². The number of rotatable bonds is 2. The van der Waals surface area contributed by atoms with Crippen LogP contribution in [0.5, 0.6) is 0 Å². The summed E-state index contributed by atoms with van der Waals surface area (Å²) in [5, 5.41) is 1.23. The highest BCUT2D eigenvalue weighted by Gasteiger charge is 2.18. The van der Waals surface area contributed by atoms with Gasteiger partial charge in [0.1, 0.15) is 5.58 Å². The Labute approximate surface area is 133 Å². The van der Waals surface area contributed by atoms with E-state index in [0.29, 0.717) is 11.8 Å². The summed E-state index contributed by atoms with van der Waals surface area (Å²) in [5.74, 6) is 0. The van der Waals surface area contributed by atoms with Crippen LogP contribution >= 0.6 is 11.6 Å². The summed E-state index contributed by atoms with van der Waals surface area (Å²) < 4.78 is 7.06. The van der Waals surface area contributed by atoms with E-state index >= 15 is 0 Å². The van der Waals surface area contributed by atoms with E-state index in [1.807, 2.05) is 51.1 Å². The maximum Gasteiger partial charge on any atom is 0.348 e. The number of para-hydroxylation sites is 1. The van der Waals surface area contributed by atoms with Crippen LogP contribution in [0.2, 0.25) is 5.22 Å². The van der Waals surface area contributed by atoms with Crippen molar-refractivity contribution in [1.82, 2.24) is 9.55 Å². The molecule has 2 aromatic heterocycles. The molecule has 2 heterocycles. The zero-order chi connectivity index (χ0) is 15.9. The van der Waals surface area contributed by atoms with Gasteiger partial charge in [-0.25, -0.2) is 4.79 Å². The number of hydrogen-bond donors (Lipinski definition) is 0. The minimum absolute atomic E-state index is 0.155. The molecule has 3 rings (SSSR count). The molecule has 0 aliphatic heterocycles. The van der Waals surface area contributed by atoms with Crippen molar-refractivity contribution in [2.75, 3.05) is 0 Å². The van der Waals surface area contributed by atoms with Crippen molar-refractivity contribution in [3.05, 3.63) is 63.5 Å². The second-order valence-electron chi connectivity index (χ2n) is 6.32. The Kier molecular flexibility index (Phi) is 3.57. The van der Waals surface area contributed by atoms with Crippen molar-refractivity contribution in [1.29, 1.82) is 0 Å². The van der Waals surface area contributed by atoms with E-state index in [9.17, 15) is 4.79 Å². The molecule has 0 bridgehead atoms. The molecular formula is C17H17ClN2O2. The molecule has 114 valence electrons. The van der Waals surface area contributed by atoms with E-state index in [2.05, 4.69) is 4.98 Å². The van der Waals surface area contributed by atoms with Gasteiger partial charge in [-0.05, 0) is 23.7 Å². The molecule has 0 fully saturated rings. The average molecular weight is 317 g/mol. The van der Waals surface area contributed by atoms with Gasteiger partial charge in [0.05, 0.1) is 12.2 Å². The molecule has 0 unspecified atom stereocenters. The van der Waals surface area contributed by atoms with E-state index in [1.54, 1.807) is 10.8 Å². The van der Waals surface area contributed by atoms with Gasteiger partial charge in [-0.2, -0.15) is 4.98 Å². The monoisotopic (exact) mass is 316 g/mol. The second kappa shape index (κ2) is 5.29. The topological polar surface area (TPSA) is 48.0 Å². The summed E-state index contributed by atoms with van der Waals surface area (Å²) in [5.41, 5.74) is 1.85. The minimum Gasteiger partial charge on any atom is -0.444 e. The van der Waals surface area contributed by atoms with E-state index in [-0.39, 0.29) is 11.1 Å². The van der Waals surface area contributed by atoms with Gasteiger partial charge in [-0.15, -0.1) is 0 Å². The lowest BCUT2D eigenvalue weighted by atomic mass is 9.92. The summed E-state index contributed by atoms with van der Waals surface area (Å²) in [4.78, 5) is 16.4. The fraction of sp³-hybridized carbons (Fsp3) is 0.294. The highest BCUT2D eigenvalue weighted by Crippen LogP contribution is 2.30. The molecule has 0 amide bonds. The summed E-state index contributed by atoms with van der Waals surface area (Å²) in [6.07, 6.45) is 1.76. The lowest BCUT2D eigenvalue weighted by Crippen LogP contribution is -2.27. The van der Waals surface area contributed by atoms with Crippen LogP contribution in [0.25, 0.3) is 11.0 Å². The van der Waals surface area contributed by atoms with Crippen LogP contribution < -0.4 is 5.69 Å². The Morgan fingerprint density at radius 1 is 1.23 bits per heavy atom. The van der Waals surface area contributed by atoms with E-state index in [0.717, 1.165) is 22.2 Å². The third-order valence-corrected chi connectivity index (χ3v) is 3.93. The molecule has 3 aromatic rings. The predicted octanol–water partition coefficient (Wildman–Crippen LogP) is 3.99. The number of nitrogens with zero attached hydrogens (tertiary/aromatic N) is 2. The van der Waals surface area contributed by atoms with Crippen LogP contribution in [0.3, 0.4) is 0 Å². The molecule has 0 radical (unpaired) electrons. The molecule has 22 heavy (non-hydrogen) atoms. The number of fused-ring (bicyclic) bond motifs is 1. The van der Waals surface area contributed by atoms with Gasteiger partial charge in [-0.1, -0.05) is 39.0 Å². The summed E-state index contributed by atoms with van der Waals surface area (Å²) in [7, 11) is 0. The van der Waals surface area contributed by atoms with Gasteiger partial charge in [0.15, 0.2) is 5.22 Å². The highest BCUT2D eigenvalue weighted by molar-refractivity contribution is 6.30. The lowest BCUT2D eigenvalue weighted by molar-refractivity contribution is 0.553. The number of benzene rings is 1. The first-order valence-electron chi connectivity index (χ1n) is 7.10. The van der Waals surface area contributed by atoms with Crippen LogP contribution in [-0.2, 0) is 12.0 Å². The molecule has 0 saturated heterocycles. The van der Waals surface area contributed by atoms with Crippen molar-refractivity contribution >= 4 is 22.6 Å². The molecule has 0 saturated carbocycles. The Hall–Kier alpha value is -2.07. The van der Waals surface area contributed by atoms with Crippen LogP contribution in [0.1, 0.15) is 32.0 Å². The predicted molar refractivity (Wildman–Crippen MR) is 87.5 cm³/mol. The van der Waals surface area contributed by atoms with Gasteiger partial charge < -0.3 is 4.42 Å². The zero-order valence-electron chi connectivity index (χ0n) is 12.8. The third-order valence-electron chi connectivity index (χ3n) is 3.62. The maximum atomic E-state index is 12.2. The fourth-order valence-corrected chi connectivity index (χ4v) is 2.60. The van der Waals surface area contributed by atoms with Crippen LogP contribution in [0.4, 0.5) is 0 Å². The third kappa shape index (κ3) is 2.66. The van der Waals surface area contributed by atoms with Crippen molar-refractivity contribution in [3.8, 4) is 0 Å². The summed E-state index contributed by atoms with van der Waals surface area (Å²) in [6.45, 7) is 6.42. The van der Waals surface area contributed by atoms with E-state index in [4.69, 9.17) is 16.0 Å². The lowest BCUT2D eigenvalue weighted by Gasteiger charge is -2.17. The summed E-state index contributed by atoms with van der Waals surface area (Å²) >= 11 is 6.17. The first-order chi connectivity index (χ1) is 10.4. The minimum atomic E-state index is -0.284. The Morgan fingerprint density at radius 2 is 1.95 bits per heavy atom. The van der Waals surface area contributed by atoms with E-state index < -0.39 is 0 Å². The van der Waals surface area contributed by atoms with Gasteiger partial charge in [0.2, 0.25) is 0 Å². The molecular weight excluding hydrogens is 300 g/mol. The van der Waals surface area contributed by atoms with Gasteiger partial charge in [0, 0.05) is 22.6 Å². The van der Waals surface area contributed by atoms with Gasteiger partial charge >= 0.3 is 5.69 Å².